The Morgan fingerprint density at radius 1 is 1.37 bits per heavy atom. The van der Waals surface area contributed by atoms with Gasteiger partial charge in [-0.25, -0.2) is 4.68 Å². The molecule has 146 valence electrons. The molecule has 1 aromatic carbocycles. The number of rotatable bonds is 9. The normalized spacial score (nSPS) is 14.4. The summed E-state index contributed by atoms with van der Waals surface area (Å²) in [4.78, 5) is 11.0. The zero-order chi connectivity index (χ0) is 19.2. The number of unbranched alkanes of at least 4 members (excludes halogenated alkanes) is 1. The Balaban J connectivity index is 2.04. The van der Waals surface area contributed by atoms with Crippen LogP contribution < -0.4 is 9.47 Å². The van der Waals surface area contributed by atoms with E-state index >= 15 is 0 Å². The van der Waals surface area contributed by atoms with Gasteiger partial charge in [-0.05, 0) is 6.42 Å². The first kappa shape index (κ1) is 19.2. The van der Waals surface area contributed by atoms with Gasteiger partial charge in [-0.2, -0.15) is 5.10 Å². The van der Waals surface area contributed by atoms with E-state index in [9.17, 15) is 4.79 Å². The van der Waals surface area contributed by atoms with Crippen LogP contribution in [0.1, 0.15) is 37.2 Å². The minimum Gasteiger partial charge on any atom is -0.497 e. The van der Waals surface area contributed by atoms with Crippen molar-refractivity contribution in [3.05, 3.63) is 35.7 Å². The van der Waals surface area contributed by atoms with Gasteiger partial charge in [0.25, 0.3) is 0 Å². The van der Waals surface area contributed by atoms with E-state index in [4.69, 9.17) is 24.1 Å². The highest BCUT2D eigenvalue weighted by Gasteiger charge is 2.28. The highest BCUT2D eigenvalue weighted by molar-refractivity contribution is 5.70. The third-order valence-electron chi connectivity index (χ3n) is 4.18. The fourth-order valence-electron chi connectivity index (χ4n) is 2.86. The maximum absolute atomic E-state index is 11.0. The lowest BCUT2D eigenvalue weighted by Gasteiger charge is -2.20. The van der Waals surface area contributed by atoms with E-state index in [1.165, 1.54) is 6.20 Å². The molecular formula is C19H24N2O6. The van der Waals surface area contributed by atoms with Gasteiger partial charge in [0.15, 0.2) is 6.29 Å². The van der Waals surface area contributed by atoms with Crippen LogP contribution in [-0.2, 0) is 20.7 Å². The largest absolute Gasteiger partial charge is 0.497 e. The zero-order valence-electron chi connectivity index (χ0n) is 15.5. The highest BCUT2D eigenvalue weighted by Crippen LogP contribution is 2.39. The summed E-state index contributed by atoms with van der Waals surface area (Å²) < 4.78 is 24.4. The zero-order valence-corrected chi connectivity index (χ0v) is 15.5. The predicted octanol–water partition coefficient (Wildman–Crippen LogP) is 2.73. The third kappa shape index (κ3) is 4.58. The van der Waals surface area contributed by atoms with Gasteiger partial charge < -0.3 is 24.1 Å². The van der Waals surface area contributed by atoms with Gasteiger partial charge in [0.05, 0.1) is 50.8 Å². The molecule has 0 bridgehead atoms. The lowest BCUT2D eigenvalue weighted by Crippen LogP contribution is -2.11. The number of carboxylic acids is 1. The van der Waals surface area contributed by atoms with Gasteiger partial charge in [-0.3, -0.25) is 4.79 Å². The van der Waals surface area contributed by atoms with Gasteiger partial charge in [0, 0.05) is 23.9 Å². The number of hydrogen-bond donors (Lipinski definition) is 1. The van der Waals surface area contributed by atoms with Crippen molar-refractivity contribution in [1.29, 1.82) is 0 Å². The van der Waals surface area contributed by atoms with E-state index < -0.39 is 12.3 Å². The van der Waals surface area contributed by atoms with Crippen LogP contribution in [0.4, 0.5) is 0 Å². The van der Waals surface area contributed by atoms with Crippen molar-refractivity contribution in [2.24, 2.45) is 0 Å². The summed E-state index contributed by atoms with van der Waals surface area (Å²) in [5.41, 5.74) is 1.98. The quantitative estimate of drug-likeness (QED) is 0.673. The molecular weight excluding hydrogens is 352 g/mol. The van der Waals surface area contributed by atoms with Crippen LogP contribution >= 0.6 is 0 Å². The van der Waals surface area contributed by atoms with Crippen LogP contribution in [0, 0.1) is 0 Å². The van der Waals surface area contributed by atoms with Gasteiger partial charge in [-0.15, -0.1) is 0 Å². The fraction of sp³-hybridized carbons (Fsp3) is 0.474. The molecule has 0 unspecified atom stereocenters. The van der Waals surface area contributed by atoms with Crippen LogP contribution in [0.3, 0.4) is 0 Å². The Bertz CT molecular complexity index is 783. The molecule has 0 aliphatic carbocycles. The number of hydrogen-bond acceptors (Lipinski definition) is 6. The summed E-state index contributed by atoms with van der Waals surface area (Å²) in [5.74, 6) is 0.306. The molecule has 2 heterocycles. The van der Waals surface area contributed by atoms with Crippen molar-refractivity contribution in [3.8, 4) is 17.2 Å². The fourth-order valence-corrected chi connectivity index (χ4v) is 2.86. The van der Waals surface area contributed by atoms with Crippen molar-refractivity contribution in [3.63, 3.8) is 0 Å². The summed E-state index contributed by atoms with van der Waals surface area (Å²) in [6, 6.07) is 3.62. The average Bonchev–Trinajstić information content (AvgIpc) is 3.32. The average molecular weight is 376 g/mol. The first-order valence-corrected chi connectivity index (χ1v) is 8.96. The molecule has 8 nitrogen and oxygen atoms in total. The van der Waals surface area contributed by atoms with Crippen molar-refractivity contribution < 1.29 is 28.8 Å². The summed E-state index contributed by atoms with van der Waals surface area (Å²) in [5, 5.41) is 13.3. The van der Waals surface area contributed by atoms with Crippen molar-refractivity contribution in [1.82, 2.24) is 9.78 Å². The molecule has 1 fully saturated rings. The molecule has 0 saturated carbocycles. The molecule has 2 aromatic rings. The Hall–Kier alpha value is -2.58. The number of aromatic nitrogens is 2. The number of benzene rings is 1. The molecule has 1 N–H and O–H groups in total. The van der Waals surface area contributed by atoms with Gasteiger partial charge in [0.1, 0.15) is 11.5 Å². The number of methoxy groups -OCH3 is 1. The van der Waals surface area contributed by atoms with E-state index in [0.29, 0.717) is 42.6 Å². The number of nitrogens with zero attached hydrogens (tertiary/aromatic N) is 2. The topological polar surface area (TPSA) is 92.0 Å². The minimum atomic E-state index is -0.911. The van der Waals surface area contributed by atoms with Crippen LogP contribution in [0.5, 0.6) is 11.5 Å². The van der Waals surface area contributed by atoms with Crippen LogP contribution in [0.25, 0.3) is 5.69 Å². The van der Waals surface area contributed by atoms with E-state index in [1.807, 2.05) is 6.07 Å². The van der Waals surface area contributed by atoms with Gasteiger partial charge in [-0.1, -0.05) is 13.3 Å². The van der Waals surface area contributed by atoms with E-state index in [0.717, 1.165) is 18.4 Å². The molecule has 27 heavy (non-hydrogen) atoms. The summed E-state index contributed by atoms with van der Waals surface area (Å²) in [7, 11) is 1.58. The number of aliphatic carboxylic acids is 1. The molecule has 1 aliphatic heterocycles. The molecule has 3 rings (SSSR count). The van der Waals surface area contributed by atoms with E-state index in [2.05, 4.69) is 12.0 Å². The number of ether oxygens (including phenoxy) is 4. The summed E-state index contributed by atoms with van der Waals surface area (Å²) in [6.45, 7) is 3.65. The molecule has 1 aromatic heterocycles. The van der Waals surface area contributed by atoms with Crippen molar-refractivity contribution in [2.45, 2.75) is 32.5 Å². The molecule has 0 spiro atoms. The maximum Gasteiger partial charge on any atom is 0.307 e. The van der Waals surface area contributed by atoms with Crippen LogP contribution in [0.15, 0.2) is 24.5 Å². The second kappa shape index (κ2) is 8.88. The van der Waals surface area contributed by atoms with Gasteiger partial charge >= 0.3 is 5.97 Å². The van der Waals surface area contributed by atoms with Crippen molar-refractivity contribution >= 4 is 5.97 Å². The molecule has 0 radical (unpaired) electrons. The Labute approximate surface area is 157 Å². The Morgan fingerprint density at radius 3 is 2.81 bits per heavy atom. The van der Waals surface area contributed by atoms with E-state index in [-0.39, 0.29) is 6.42 Å². The van der Waals surface area contributed by atoms with Crippen LogP contribution in [-0.4, -0.2) is 47.8 Å². The number of carboxylic acid groups (broad SMARTS) is 1. The van der Waals surface area contributed by atoms with Crippen LogP contribution in [0.2, 0.25) is 0 Å². The van der Waals surface area contributed by atoms with Gasteiger partial charge in [0.2, 0.25) is 0 Å². The molecule has 1 aliphatic rings. The monoisotopic (exact) mass is 376 g/mol. The second-order valence-corrected chi connectivity index (χ2v) is 6.20. The predicted molar refractivity (Wildman–Crippen MR) is 96.5 cm³/mol. The first-order valence-electron chi connectivity index (χ1n) is 8.96. The smallest absolute Gasteiger partial charge is 0.307 e. The minimum absolute atomic E-state index is 0.102. The lowest BCUT2D eigenvalue weighted by molar-refractivity contribution is -0.136. The third-order valence-corrected chi connectivity index (χ3v) is 4.18. The lowest BCUT2D eigenvalue weighted by atomic mass is 10.1. The highest BCUT2D eigenvalue weighted by atomic mass is 16.7. The molecule has 0 amide bonds. The Kier molecular flexibility index (Phi) is 6.31. The Morgan fingerprint density at radius 2 is 2.15 bits per heavy atom. The van der Waals surface area contributed by atoms with E-state index in [1.54, 1.807) is 24.1 Å². The summed E-state index contributed by atoms with van der Waals surface area (Å²) in [6.07, 6.45) is 4.47. The molecule has 8 heteroatoms. The second-order valence-electron chi connectivity index (χ2n) is 6.20. The molecule has 0 atom stereocenters. The number of carbonyl (C=O) groups is 1. The maximum atomic E-state index is 11.0. The SMILES string of the molecule is CCCCOc1cc(OC)cc(-n2cc(CC(=O)O)cn2)c1C1OCCO1. The first-order chi connectivity index (χ1) is 13.1. The molecule has 1 saturated heterocycles. The summed E-state index contributed by atoms with van der Waals surface area (Å²) >= 11 is 0. The van der Waals surface area contributed by atoms with Crippen molar-refractivity contribution in [2.75, 3.05) is 26.9 Å². The standard InChI is InChI=1S/C19H24N2O6/c1-3-4-5-25-16-10-14(24-2)9-15(18(16)19-26-6-7-27-19)21-12-13(11-20-21)8-17(22)23/h9-12,19H,3-8H2,1-2H3,(H,22,23).